The van der Waals surface area contributed by atoms with Crippen LogP contribution in [0.3, 0.4) is 0 Å². The van der Waals surface area contributed by atoms with Crippen molar-refractivity contribution in [3.63, 3.8) is 0 Å². The largest absolute Gasteiger partial charge is 0.389 e. The summed E-state index contributed by atoms with van der Waals surface area (Å²) in [6.07, 6.45) is 0.0187. The van der Waals surface area contributed by atoms with E-state index in [9.17, 15) is 13.2 Å². The summed E-state index contributed by atoms with van der Waals surface area (Å²) in [5.41, 5.74) is 2.75. The van der Waals surface area contributed by atoms with Crippen LogP contribution < -0.4 is 4.90 Å². The van der Waals surface area contributed by atoms with Crippen LogP contribution in [-0.2, 0) is 6.42 Å². The zero-order valence-corrected chi connectivity index (χ0v) is 19.9. The number of aryl methyl sites for hydroxylation is 1. The SMILES string of the molecule is CCc1nc2c(-c3ccc(Cl)cc3Cl)nccn2c1N(CCCC(F)(F)F)CCC(C)C. The lowest BCUT2D eigenvalue weighted by Gasteiger charge is -2.26. The highest BCUT2D eigenvalue weighted by Crippen LogP contribution is 2.34. The third kappa shape index (κ3) is 5.87. The Morgan fingerprint density at radius 1 is 1.16 bits per heavy atom. The number of hydrogen-bond donors (Lipinski definition) is 0. The van der Waals surface area contributed by atoms with Crippen LogP contribution in [0.4, 0.5) is 19.0 Å². The van der Waals surface area contributed by atoms with Crippen LogP contribution in [0.5, 0.6) is 0 Å². The van der Waals surface area contributed by atoms with E-state index in [4.69, 9.17) is 28.2 Å². The molecular weight excluding hydrogens is 460 g/mol. The molecule has 3 rings (SSSR count). The molecule has 0 saturated carbocycles. The van der Waals surface area contributed by atoms with Crippen LogP contribution in [0.1, 0.15) is 45.7 Å². The molecule has 0 aliphatic carbocycles. The first kappa shape index (κ1) is 24.6. The fourth-order valence-electron chi connectivity index (χ4n) is 3.66. The number of hydrogen-bond acceptors (Lipinski definition) is 3. The second-order valence-electron chi connectivity index (χ2n) is 8.22. The van der Waals surface area contributed by atoms with Gasteiger partial charge in [-0.1, -0.05) is 44.0 Å². The maximum Gasteiger partial charge on any atom is 0.389 e. The Morgan fingerprint density at radius 3 is 2.53 bits per heavy atom. The van der Waals surface area contributed by atoms with E-state index in [1.165, 1.54) is 0 Å². The van der Waals surface area contributed by atoms with Crippen molar-refractivity contribution in [1.82, 2.24) is 14.4 Å². The second-order valence-corrected chi connectivity index (χ2v) is 9.06. The Balaban J connectivity index is 2.07. The maximum absolute atomic E-state index is 12.8. The molecule has 1 aromatic carbocycles. The predicted molar refractivity (Wildman–Crippen MR) is 125 cm³/mol. The molecule has 0 saturated heterocycles. The topological polar surface area (TPSA) is 33.4 Å². The van der Waals surface area contributed by atoms with Crippen LogP contribution >= 0.6 is 23.2 Å². The van der Waals surface area contributed by atoms with Crippen molar-refractivity contribution in [1.29, 1.82) is 0 Å². The quantitative estimate of drug-likeness (QED) is 0.314. The number of halogens is 5. The van der Waals surface area contributed by atoms with Crippen LogP contribution in [0, 0.1) is 5.92 Å². The van der Waals surface area contributed by atoms with Crippen molar-refractivity contribution in [3.8, 4) is 11.3 Å². The first-order chi connectivity index (χ1) is 15.1. The summed E-state index contributed by atoms with van der Waals surface area (Å²) in [4.78, 5) is 11.4. The van der Waals surface area contributed by atoms with Gasteiger partial charge in [-0.15, -0.1) is 0 Å². The first-order valence-electron chi connectivity index (χ1n) is 10.7. The highest BCUT2D eigenvalue weighted by molar-refractivity contribution is 6.36. The van der Waals surface area contributed by atoms with Gasteiger partial charge in [-0.3, -0.25) is 9.38 Å². The summed E-state index contributed by atoms with van der Waals surface area (Å²) in [5.74, 6) is 1.24. The summed E-state index contributed by atoms with van der Waals surface area (Å²) in [7, 11) is 0. The van der Waals surface area contributed by atoms with Crippen molar-refractivity contribution in [2.24, 2.45) is 5.92 Å². The molecule has 4 nitrogen and oxygen atoms in total. The fraction of sp³-hybridized carbons (Fsp3) is 0.478. The average Bonchev–Trinajstić information content (AvgIpc) is 3.08. The van der Waals surface area contributed by atoms with Crippen molar-refractivity contribution in [2.75, 3.05) is 18.0 Å². The van der Waals surface area contributed by atoms with Gasteiger partial charge in [0.25, 0.3) is 0 Å². The molecule has 32 heavy (non-hydrogen) atoms. The van der Waals surface area contributed by atoms with Gasteiger partial charge in [0.2, 0.25) is 0 Å². The molecule has 0 aliphatic rings. The number of benzene rings is 1. The lowest BCUT2D eigenvalue weighted by atomic mass is 10.1. The number of nitrogens with zero attached hydrogens (tertiary/aromatic N) is 4. The lowest BCUT2D eigenvalue weighted by molar-refractivity contribution is -0.135. The van der Waals surface area contributed by atoms with Crippen molar-refractivity contribution >= 4 is 34.7 Å². The van der Waals surface area contributed by atoms with Gasteiger partial charge in [0.1, 0.15) is 11.5 Å². The molecule has 0 spiro atoms. The highest BCUT2D eigenvalue weighted by atomic mass is 35.5. The molecule has 0 unspecified atom stereocenters. The minimum absolute atomic E-state index is 0.0267. The fourth-order valence-corrected chi connectivity index (χ4v) is 4.16. The van der Waals surface area contributed by atoms with Crippen LogP contribution in [0.2, 0.25) is 10.0 Å². The van der Waals surface area contributed by atoms with Crippen molar-refractivity contribution < 1.29 is 13.2 Å². The molecule has 2 heterocycles. The van der Waals surface area contributed by atoms with Gasteiger partial charge in [-0.2, -0.15) is 13.2 Å². The Hall–Kier alpha value is -1.99. The summed E-state index contributed by atoms with van der Waals surface area (Å²) < 4.78 is 40.3. The highest BCUT2D eigenvalue weighted by Gasteiger charge is 2.27. The average molecular weight is 487 g/mol. The van der Waals surface area contributed by atoms with Gasteiger partial charge in [-0.25, -0.2) is 4.98 Å². The molecule has 0 bridgehead atoms. The number of rotatable bonds is 9. The monoisotopic (exact) mass is 486 g/mol. The van der Waals surface area contributed by atoms with E-state index < -0.39 is 12.6 Å². The molecule has 0 atom stereocenters. The molecule has 0 amide bonds. The smallest absolute Gasteiger partial charge is 0.356 e. The molecule has 0 radical (unpaired) electrons. The molecular formula is C23H27Cl2F3N4. The first-order valence-corrected chi connectivity index (χ1v) is 11.5. The van der Waals surface area contributed by atoms with E-state index in [1.807, 2.05) is 16.2 Å². The van der Waals surface area contributed by atoms with Crippen molar-refractivity contribution in [3.05, 3.63) is 46.3 Å². The molecule has 174 valence electrons. The number of aromatic nitrogens is 3. The lowest BCUT2D eigenvalue weighted by Crippen LogP contribution is -2.29. The molecule has 0 fully saturated rings. The molecule has 2 aromatic heterocycles. The summed E-state index contributed by atoms with van der Waals surface area (Å²) >= 11 is 12.5. The van der Waals surface area contributed by atoms with Gasteiger partial charge in [0, 0.05) is 42.5 Å². The van der Waals surface area contributed by atoms with Crippen molar-refractivity contribution in [2.45, 2.75) is 52.6 Å². The van der Waals surface area contributed by atoms with Crippen LogP contribution in [0.15, 0.2) is 30.6 Å². The standard InChI is InChI=1S/C23H27Cl2F3N4/c1-4-19-22(31(12-8-15(2)3)11-5-9-23(26,27)28)32-13-10-29-20(21(32)30-19)17-7-6-16(24)14-18(17)25/h6-7,10,13-15H,4-5,8-9,11-12H2,1-3H3. The molecule has 9 heteroatoms. The van der Waals surface area contributed by atoms with E-state index in [0.29, 0.717) is 52.4 Å². The summed E-state index contributed by atoms with van der Waals surface area (Å²) in [6, 6.07) is 5.19. The second kappa shape index (κ2) is 10.3. The number of anilines is 1. The molecule has 0 N–H and O–H groups in total. The normalized spacial score (nSPS) is 12.2. The number of fused-ring (bicyclic) bond motifs is 1. The Bertz CT molecular complexity index is 1060. The van der Waals surface area contributed by atoms with Crippen LogP contribution in [-0.4, -0.2) is 33.6 Å². The van der Waals surface area contributed by atoms with Gasteiger partial charge < -0.3 is 4.90 Å². The van der Waals surface area contributed by atoms with Gasteiger partial charge in [0.05, 0.1) is 10.7 Å². The summed E-state index contributed by atoms with van der Waals surface area (Å²) in [6.45, 7) is 7.15. The molecule has 0 aliphatic heterocycles. The third-order valence-electron chi connectivity index (χ3n) is 5.27. The summed E-state index contributed by atoms with van der Waals surface area (Å²) in [5, 5.41) is 0.982. The maximum atomic E-state index is 12.8. The van der Waals surface area contributed by atoms with Crippen LogP contribution in [0.25, 0.3) is 16.9 Å². The van der Waals surface area contributed by atoms with Gasteiger partial charge in [0.15, 0.2) is 5.65 Å². The Kier molecular flexibility index (Phi) is 7.93. The Labute approximate surface area is 196 Å². The van der Waals surface area contributed by atoms with Gasteiger partial charge >= 0.3 is 6.18 Å². The van der Waals surface area contributed by atoms with E-state index in [2.05, 4.69) is 18.8 Å². The van der Waals surface area contributed by atoms with E-state index >= 15 is 0 Å². The minimum Gasteiger partial charge on any atom is -0.356 e. The predicted octanol–water partition coefficient (Wildman–Crippen LogP) is 7.46. The number of imidazole rings is 1. The minimum atomic E-state index is -4.17. The van der Waals surface area contributed by atoms with Gasteiger partial charge in [-0.05, 0) is 43.4 Å². The van der Waals surface area contributed by atoms with E-state index in [0.717, 1.165) is 17.9 Å². The zero-order valence-electron chi connectivity index (χ0n) is 18.4. The van der Waals surface area contributed by atoms with E-state index in [-0.39, 0.29) is 6.42 Å². The van der Waals surface area contributed by atoms with E-state index in [1.54, 1.807) is 30.6 Å². The zero-order chi connectivity index (χ0) is 23.5. The number of alkyl halides is 3. The Morgan fingerprint density at radius 2 is 1.91 bits per heavy atom. The third-order valence-corrected chi connectivity index (χ3v) is 5.82. The molecule has 3 aromatic rings.